The number of nitrogens with two attached hydrogens (primary N) is 1. The van der Waals surface area contributed by atoms with Gasteiger partial charge in [-0.25, -0.2) is 4.39 Å². The molecule has 0 heterocycles. The zero-order valence-corrected chi connectivity index (χ0v) is 12.0. The summed E-state index contributed by atoms with van der Waals surface area (Å²) >= 11 is 3.23. The number of fused-ring (bicyclic) bond motifs is 1. The minimum Gasteiger partial charge on any atom is -0.324 e. The van der Waals surface area contributed by atoms with E-state index in [0.717, 1.165) is 18.4 Å². The van der Waals surface area contributed by atoms with E-state index in [1.54, 1.807) is 0 Å². The normalized spacial score (nSPS) is 21.4. The van der Waals surface area contributed by atoms with Gasteiger partial charge in [-0.2, -0.15) is 0 Å². The quantitative estimate of drug-likeness (QED) is 0.889. The Morgan fingerprint density at radius 2 is 2.00 bits per heavy atom. The van der Waals surface area contributed by atoms with Crippen LogP contribution in [-0.4, -0.2) is 0 Å². The predicted molar refractivity (Wildman–Crippen MR) is 78.4 cm³/mol. The molecule has 0 fully saturated rings. The van der Waals surface area contributed by atoms with Crippen LogP contribution in [0.15, 0.2) is 46.9 Å². The van der Waals surface area contributed by atoms with Crippen molar-refractivity contribution in [3.63, 3.8) is 0 Å². The summed E-state index contributed by atoms with van der Waals surface area (Å²) in [5.74, 6) is 0.178. The third kappa shape index (κ3) is 2.45. The molecule has 0 aliphatic heterocycles. The van der Waals surface area contributed by atoms with Crippen LogP contribution in [0.4, 0.5) is 4.39 Å². The molecule has 2 aromatic rings. The van der Waals surface area contributed by atoms with Crippen molar-refractivity contribution in [3.05, 3.63) is 69.4 Å². The van der Waals surface area contributed by atoms with Crippen LogP contribution in [0.25, 0.3) is 0 Å². The predicted octanol–water partition coefficient (Wildman–Crippen LogP) is 4.00. The maximum Gasteiger partial charge on any atom is 0.137 e. The van der Waals surface area contributed by atoms with E-state index in [2.05, 4.69) is 34.1 Å². The molecule has 19 heavy (non-hydrogen) atoms. The Balaban J connectivity index is 1.80. The number of halogens is 2. The first-order chi connectivity index (χ1) is 9.15. The van der Waals surface area contributed by atoms with E-state index in [9.17, 15) is 4.39 Å². The van der Waals surface area contributed by atoms with Gasteiger partial charge in [0, 0.05) is 6.04 Å². The van der Waals surface area contributed by atoms with Crippen LogP contribution in [-0.2, 0) is 12.8 Å². The molecule has 0 saturated heterocycles. The molecule has 0 radical (unpaired) electrons. The maximum atomic E-state index is 13.2. The summed E-state index contributed by atoms with van der Waals surface area (Å²) in [4.78, 5) is 0. The lowest BCUT2D eigenvalue weighted by atomic mass is 9.93. The lowest BCUT2D eigenvalue weighted by Gasteiger charge is -2.16. The first kappa shape index (κ1) is 12.8. The molecule has 3 rings (SSSR count). The zero-order chi connectivity index (χ0) is 13.4. The lowest BCUT2D eigenvalue weighted by molar-refractivity contribution is 0.464. The highest BCUT2D eigenvalue weighted by Gasteiger charge is 2.29. The fourth-order valence-electron chi connectivity index (χ4n) is 2.88. The minimum absolute atomic E-state index is 0.0834. The van der Waals surface area contributed by atoms with Crippen molar-refractivity contribution in [2.24, 2.45) is 11.7 Å². The van der Waals surface area contributed by atoms with Gasteiger partial charge in [-0.05, 0) is 63.5 Å². The van der Waals surface area contributed by atoms with Crippen molar-refractivity contribution in [2.75, 3.05) is 0 Å². The second-order valence-electron chi connectivity index (χ2n) is 5.14. The molecular formula is C16H15BrFN. The van der Waals surface area contributed by atoms with E-state index in [0.29, 0.717) is 10.4 Å². The summed E-state index contributed by atoms with van der Waals surface area (Å²) in [6, 6.07) is 13.6. The third-order valence-electron chi connectivity index (χ3n) is 3.89. The number of hydrogen-bond donors (Lipinski definition) is 1. The largest absolute Gasteiger partial charge is 0.324 e. The molecule has 2 N–H and O–H groups in total. The summed E-state index contributed by atoms with van der Waals surface area (Å²) in [5.41, 5.74) is 10.1. The summed E-state index contributed by atoms with van der Waals surface area (Å²) in [7, 11) is 0. The SMILES string of the molecule is NC1c2ccccc2CC1Cc1ccc(F)c(Br)c1. The second-order valence-corrected chi connectivity index (χ2v) is 6.00. The van der Waals surface area contributed by atoms with E-state index in [1.807, 2.05) is 18.2 Å². The fraction of sp³-hybridized carbons (Fsp3) is 0.250. The molecule has 0 amide bonds. The monoisotopic (exact) mass is 319 g/mol. The smallest absolute Gasteiger partial charge is 0.137 e. The molecule has 0 saturated carbocycles. The van der Waals surface area contributed by atoms with Crippen molar-refractivity contribution < 1.29 is 4.39 Å². The molecule has 0 bridgehead atoms. The summed E-state index contributed by atoms with van der Waals surface area (Å²) in [6.07, 6.45) is 1.89. The van der Waals surface area contributed by atoms with Gasteiger partial charge in [0.05, 0.1) is 4.47 Å². The standard InChI is InChI=1S/C16H15BrFN/c17-14-8-10(5-6-15(14)18)7-12-9-11-3-1-2-4-13(11)16(12)19/h1-6,8,12,16H,7,9,19H2. The Kier molecular flexibility index (Phi) is 3.42. The Hall–Kier alpha value is -1.19. The number of rotatable bonds is 2. The van der Waals surface area contributed by atoms with Gasteiger partial charge in [0.25, 0.3) is 0 Å². The fourth-order valence-corrected chi connectivity index (χ4v) is 3.30. The molecule has 1 aliphatic rings. The number of hydrogen-bond acceptors (Lipinski definition) is 1. The van der Waals surface area contributed by atoms with Crippen LogP contribution in [0.5, 0.6) is 0 Å². The molecule has 3 heteroatoms. The Morgan fingerprint density at radius 3 is 2.74 bits per heavy atom. The molecule has 2 unspecified atom stereocenters. The highest BCUT2D eigenvalue weighted by Crippen LogP contribution is 2.36. The Labute approximate surface area is 120 Å². The van der Waals surface area contributed by atoms with E-state index >= 15 is 0 Å². The molecular weight excluding hydrogens is 305 g/mol. The van der Waals surface area contributed by atoms with Gasteiger partial charge < -0.3 is 5.73 Å². The molecule has 1 aliphatic carbocycles. The van der Waals surface area contributed by atoms with Crippen molar-refractivity contribution >= 4 is 15.9 Å². The molecule has 0 spiro atoms. The van der Waals surface area contributed by atoms with Crippen LogP contribution in [0.2, 0.25) is 0 Å². The molecule has 1 nitrogen and oxygen atoms in total. The van der Waals surface area contributed by atoms with Gasteiger partial charge in [-0.15, -0.1) is 0 Å². The first-order valence-corrected chi connectivity index (χ1v) is 7.22. The van der Waals surface area contributed by atoms with E-state index in [-0.39, 0.29) is 11.9 Å². The zero-order valence-electron chi connectivity index (χ0n) is 10.4. The summed E-state index contributed by atoms with van der Waals surface area (Å²) < 4.78 is 13.8. The number of benzene rings is 2. The van der Waals surface area contributed by atoms with Crippen molar-refractivity contribution in [3.8, 4) is 0 Å². The van der Waals surface area contributed by atoms with Gasteiger partial charge in [0.1, 0.15) is 5.82 Å². The second kappa shape index (κ2) is 5.06. The average molecular weight is 320 g/mol. The van der Waals surface area contributed by atoms with Crippen molar-refractivity contribution in [1.82, 2.24) is 0 Å². The third-order valence-corrected chi connectivity index (χ3v) is 4.49. The first-order valence-electron chi connectivity index (χ1n) is 6.42. The van der Waals surface area contributed by atoms with Crippen LogP contribution in [0.3, 0.4) is 0 Å². The van der Waals surface area contributed by atoms with E-state index in [1.165, 1.54) is 17.2 Å². The summed E-state index contributed by atoms with van der Waals surface area (Å²) in [5, 5.41) is 0. The van der Waals surface area contributed by atoms with Gasteiger partial charge in [0.15, 0.2) is 0 Å². The topological polar surface area (TPSA) is 26.0 Å². The van der Waals surface area contributed by atoms with Crippen molar-refractivity contribution in [1.29, 1.82) is 0 Å². The Bertz CT molecular complexity index is 611. The van der Waals surface area contributed by atoms with Gasteiger partial charge in [-0.1, -0.05) is 30.3 Å². The molecule has 0 aromatic heterocycles. The van der Waals surface area contributed by atoms with Crippen LogP contribution in [0, 0.1) is 11.7 Å². The van der Waals surface area contributed by atoms with Gasteiger partial charge >= 0.3 is 0 Å². The van der Waals surface area contributed by atoms with Gasteiger partial charge in [-0.3, -0.25) is 0 Å². The lowest BCUT2D eigenvalue weighted by Crippen LogP contribution is -2.18. The summed E-state index contributed by atoms with van der Waals surface area (Å²) in [6.45, 7) is 0. The van der Waals surface area contributed by atoms with E-state index < -0.39 is 0 Å². The molecule has 2 atom stereocenters. The maximum absolute atomic E-state index is 13.2. The Morgan fingerprint density at radius 1 is 1.21 bits per heavy atom. The highest BCUT2D eigenvalue weighted by molar-refractivity contribution is 9.10. The van der Waals surface area contributed by atoms with Crippen molar-refractivity contribution in [2.45, 2.75) is 18.9 Å². The van der Waals surface area contributed by atoms with Crippen LogP contribution >= 0.6 is 15.9 Å². The molecule has 98 valence electrons. The molecule has 2 aromatic carbocycles. The van der Waals surface area contributed by atoms with Gasteiger partial charge in [0.2, 0.25) is 0 Å². The minimum atomic E-state index is -0.220. The average Bonchev–Trinajstić information content (AvgIpc) is 2.72. The van der Waals surface area contributed by atoms with Crippen LogP contribution in [0.1, 0.15) is 22.7 Å². The van der Waals surface area contributed by atoms with E-state index in [4.69, 9.17) is 5.73 Å². The highest BCUT2D eigenvalue weighted by atomic mass is 79.9. The van der Waals surface area contributed by atoms with Crippen LogP contribution < -0.4 is 5.73 Å².